The Bertz CT molecular complexity index is 609. The minimum Gasteiger partial charge on any atom is -0.381 e. The van der Waals surface area contributed by atoms with E-state index in [0.29, 0.717) is 30.5 Å². The molecule has 2 rings (SSSR count). The van der Waals surface area contributed by atoms with Crippen LogP contribution in [0.4, 0.5) is 13.2 Å². The number of nitrogens with zero attached hydrogens (tertiary/aromatic N) is 2. The third kappa shape index (κ3) is 4.54. The number of alkyl halides is 3. The molecule has 1 aliphatic heterocycles. The van der Waals surface area contributed by atoms with Crippen molar-refractivity contribution >= 4 is 5.91 Å². The molecule has 1 aromatic heterocycles. The van der Waals surface area contributed by atoms with E-state index in [1.165, 1.54) is 6.92 Å². The summed E-state index contributed by atoms with van der Waals surface area (Å²) in [5, 5.41) is 5.92. The summed E-state index contributed by atoms with van der Waals surface area (Å²) < 4.78 is 43.8. The van der Waals surface area contributed by atoms with Gasteiger partial charge in [-0.3, -0.25) is 9.59 Å². The predicted octanol–water partition coefficient (Wildman–Crippen LogP) is 1.37. The number of ether oxygens (including phenoxy) is 1. The molecule has 2 heterocycles. The van der Waals surface area contributed by atoms with Gasteiger partial charge in [-0.05, 0) is 31.7 Å². The maximum atomic E-state index is 12.7. The highest BCUT2D eigenvalue weighted by molar-refractivity contribution is 5.79. The second-order valence-corrected chi connectivity index (χ2v) is 5.48. The molecule has 1 amide bonds. The third-order valence-corrected chi connectivity index (χ3v) is 3.77. The third-order valence-electron chi connectivity index (χ3n) is 3.77. The molecule has 23 heavy (non-hydrogen) atoms. The van der Waals surface area contributed by atoms with Crippen LogP contribution in [0, 0.1) is 5.92 Å². The fraction of sp³-hybridized carbons (Fsp3) is 0.643. The summed E-state index contributed by atoms with van der Waals surface area (Å²) in [6.07, 6.45) is -3.04. The van der Waals surface area contributed by atoms with E-state index < -0.39 is 29.4 Å². The predicted molar refractivity (Wildman–Crippen MR) is 74.8 cm³/mol. The number of amides is 1. The van der Waals surface area contributed by atoms with E-state index in [1.807, 2.05) is 0 Å². The van der Waals surface area contributed by atoms with Gasteiger partial charge in [-0.2, -0.15) is 18.3 Å². The van der Waals surface area contributed by atoms with E-state index in [2.05, 4.69) is 10.4 Å². The first-order chi connectivity index (χ1) is 10.8. The van der Waals surface area contributed by atoms with Gasteiger partial charge in [0, 0.05) is 25.8 Å². The van der Waals surface area contributed by atoms with Crippen LogP contribution in [0.3, 0.4) is 0 Å². The molecule has 128 valence electrons. The molecule has 0 bridgehead atoms. The van der Waals surface area contributed by atoms with Crippen LogP contribution in [-0.4, -0.2) is 35.4 Å². The molecule has 1 N–H and O–H groups in total. The van der Waals surface area contributed by atoms with Crippen molar-refractivity contribution in [2.24, 2.45) is 5.92 Å². The van der Waals surface area contributed by atoms with Gasteiger partial charge in [0.2, 0.25) is 5.91 Å². The normalized spacial score (nSPS) is 17.7. The first kappa shape index (κ1) is 17.5. The Morgan fingerprint density at radius 2 is 2.09 bits per heavy atom. The number of nitrogens with one attached hydrogen (secondary N) is 1. The number of carbonyl (C=O) groups excluding carboxylic acids is 1. The van der Waals surface area contributed by atoms with Crippen LogP contribution in [0.1, 0.15) is 31.5 Å². The van der Waals surface area contributed by atoms with E-state index >= 15 is 0 Å². The van der Waals surface area contributed by atoms with Crippen LogP contribution in [-0.2, 0) is 15.7 Å². The summed E-state index contributed by atoms with van der Waals surface area (Å²) in [4.78, 5) is 23.8. The zero-order chi connectivity index (χ0) is 17.0. The molecule has 1 aromatic rings. The minimum absolute atomic E-state index is 0.270. The van der Waals surface area contributed by atoms with Crippen LogP contribution >= 0.6 is 0 Å². The van der Waals surface area contributed by atoms with Gasteiger partial charge in [-0.15, -0.1) is 0 Å². The van der Waals surface area contributed by atoms with Gasteiger partial charge in [0.1, 0.15) is 6.04 Å². The lowest BCUT2D eigenvalue weighted by molar-refractivity contribution is -0.143. The molecule has 9 heteroatoms. The first-order valence-corrected chi connectivity index (χ1v) is 7.31. The van der Waals surface area contributed by atoms with Crippen LogP contribution < -0.4 is 10.9 Å². The second kappa shape index (κ2) is 7.12. The molecule has 1 atom stereocenters. The van der Waals surface area contributed by atoms with Gasteiger partial charge < -0.3 is 10.1 Å². The summed E-state index contributed by atoms with van der Waals surface area (Å²) in [5.41, 5.74) is -1.96. The van der Waals surface area contributed by atoms with Crippen molar-refractivity contribution in [3.8, 4) is 0 Å². The maximum absolute atomic E-state index is 12.7. The largest absolute Gasteiger partial charge is 0.435 e. The van der Waals surface area contributed by atoms with Crippen LogP contribution in [0.5, 0.6) is 0 Å². The highest BCUT2D eigenvalue weighted by Crippen LogP contribution is 2.26. The molecular formula is C14H18F3N3O3. The summed E-state index contributed by atoms with van der Waals surface area (Å²) in [6, 6.07) is 0.244. The lowest BCUT2D eigenvalue weighted by atomic mass is 10.0. The van der Waals surface area contributed by atoms with Crippen molar-refractivity contribution in [1.82, 2.24) is 15.1 Å². The Morgan fingerprint density at radius 3 is 2.70 bits per heavy atom. The molecule has 1 unspecified atom stereocenters. The zero-order valence-electron chi connectivity index (χ0n) is 12.6. The van der Waals surface area contributed by atoms with Gasteiger partial charge in [0.15, 0.2) is 5.69 Å². The second-order valence-electron chi connectivity index (χ2n) is 5.48. The van der Waals surface area contributed by atoms with Gasteiger partial charge in [0.25, 0.3) is 5.56 Å². The summed E-state index contributed by atoms with van der Waals surface area (Å²) >= 11 is 0. The molecule has 0 aromatic carbocycles. The van der Waals surface area contributed by atoms with Gasteiger partial charge >= 0.3 is 6.18 Å². The van der Waals surface area contributed by atoms with Crippen molar-refractivity contribution in [2.75, 3.05) is 19.8 Å². The van der Waals surface area contributed by atoms with Gasteiger partial charge in [-0.25, -0.2) is 4.68 Å². The minimum atomic E-state index is -4.67. The van der Waals surface area contributed by atoms with Crippen molar-refractivity contribution < 1.29 is 22.7 Å². The highest BCUT2D eigenvalue weighted by Gasteiger charge is 2.34. The van der Waals surface area contributed by atoms with E-state index in [9.17, 15) is 22.8 Å². The first-order valence-electron chi connectivity index (χ1n) is 7.31. The SMILES string of the molecule is CC(C(=O)NCC1CCOCC1)n1nc(C(F)(F)F)ccc1=O. The lowest BCUT2D eigenvalue weighted by Gasteiger charge is -2.23. The molecular weight excluding hydrogens is 315 g/mol. The summed E-state index contributed by atoms with van der Waals surface area (Å²) in [7, 11) is 0. The number of hydrogen-bond acceptors (Lipinski definition) is 4. The lowest BCUT2D eigenvalue weighted by Crippen LogP contribution is -2.40. The maximum Gasteiger partial charge on any atom is 0.435 e. The quantitative estimate of drug-likeness (QED) is 0.903. The number of carbonyl (C=O) groups is 1. The van der Waals surface area contributed by atoms with E-state index in [1.54, 1.807) is 0 Å². The van der Waals surface area contributed by atoms with Crippen molar-refractivity contribution in [3.05, 3.63) is 28.2 Å². The topological polar surface area (TPSA) is 73.2 Å². The van der Waals surface area contributed by atoms with Crippen LogP contribution in [0.2, 0.25) is 0 Å². The molecule has 0 aliphatic carbocycles. The van der Waals surface area contributed by atoms with Gasteiger partial charge in [0.05, 0.1) is 0 Å². The standard InChI is InChI=1S/C14H18F3N3O3/c1-9(13(22)18-8-10-4-6-23-7-5-10)20-12(21)3-2-11(19-20)14(15,16)17/h2-3,9-10H,4-8H2,1H3,(H,18,22). The number of aromatic nitrogens is 2. The Labute approximate surface area is 130 Å². The highest BCUT2D eigenvalue weighted by atomic mass is 19.4. The molecule has 6 nitrogen and oxygen atoms in total. The Kier molecular flexibility index (Phi) is 5.40. The van der Waals surface area contributed by atoms with E-state index in [4.69, 9.17) is 4.74 Å². The summed E-state index contributed by atoms with van der Waals surface area (Å²) in [6.45, 7) is 3.00. The molecule has 1 saturated heterocycles. The fourth-order valence-electron chi connectivity index (χ4n) is 2.31. The molecule has 1 fully saturated rings. The van der Waals surface area contributed by atoms with Crippen molar-refractivity contribution in [1.29, 1.82) is 0 Å². The number of hydrogen-bond donors (Lipinski definition) is 1. The Morgan fingerprint density at radius 1 is 1.43 bits per heavy atom. The average molecular weight is 333 g/mol. The zero-order valence-corrected chi connectivity index (χ0v) is 12.6. The average Bonchev–Trinajstić information content (AvgIpc) is 2.52. The summed E-state index contributed by atoms with van der Waals surface area (Å²) in [5.74, 6) is -0.267. The monoisotopic (exact) mass is 333 g/mol. The number of rotatable bonds is 4. The van der Waals surface area contributed by atoms with Gasteiger partial charge in [-0.1, -0.05) is 0 Å². The Hall–Kier alpha value is -1.90. The molecule has 0 saturated carbocycles. The molecule has 1 aliphatic rings. The number of halogens is 3. The van der Waals surface area contributed by atoms with Crippen molar-refractivity contribution in [2.45, 2.75) is 32.0 Å². The smallest absolute Gasteiger partial charge is 0.381 e. The Balaban J connectivity index is 2.05. The fourth-order valence-corrected chi connectivity index (χ4v) is 2.31. The van der Waals surface area contributed by atoms with Crippen LogP contribution in [0.25, 0.3) is 0 Å². The molecule has 0 radical (unpaired) electrons. The van der Waals surface area contributed by atoms with Crippen molar-refractivity contribution in [3.63, 3.8) is 0 Å². The van der Waals surface area contributed by atoms with E-state index in [-0.39, 0.29) is 5.92 Å². The molecule has 0 spiro atoms. The van der Waals surface area contributed by atoms with E-state index in [0.717, 1.165) is 18.9 Å². The van der Waals surface area contributed by atoms with Crippen LogP contribution in [0.15, 0.2) is 16.9 Å².